The van der Waals surface area contributed by atoms with E-state index in [9.17, 15) is 9.90 Å². The van der Waals surface area contributed by atoms with Gasteiger partial charge in [-0.05, 0) is 6.42 Å². The van der Waals surface area contributed by atoms with Crippen molar-refractivity contribution in [3.63, 3.8) is 0 Å². The normalized spacial score (nSPS) is 8.73. The molecule has 0 saturated heterocycles. The van der Waals surface area contributed by atoms with Gasteiger partial charge in [-0.25, -0.2) is 4.57 Å². The Labute approximate surface area is 106 Å². The molecule has 0 spiro atoms. The van der Waals surface area contributed by atoms with Crippen molar-refractivity contribution in [3.8, 4) is 0 Å². The summed E-state index contributed by atoms with van der Waals surface area (Å²) in [5.74, 6) is -0.995. The fraction of sp³-hybridized carbons (Fsp3) is 0.667. The molecule has 6 nitrogen and oxygen atoms in total. The number of phosphoric acid groups is 1. The summed E-state index contributed by atoms with van der Waals surface area (Å²) in [6.07, 6.45) is 0.111. The summed E-state index contributed by atoms with van der Waals surface area (Å²) >= 11 is 0. The summed E-state index contributed by atoms with van der Waals surface area (Å²) in [5, 5.41) is 9.26. The number of hydrogen-bond donors (Lipinski definition) is 3. The van der Waals surface area contributed by atoms with E-state index < -0.39 is 13.8 Å². The second kappa shape index (κ2) is 9.31. The number of aliphatic carboxylic acids is 1. The minimum Gasteiger partial charge on any atom is -0.550 e. The summed E-state index contributed by atoms with van der Waals surface area (Å²) < 4.78 is 8.88. The molecular formula is C3H8KO6P. The van der Waals surface area contributed by atoms with E-state index in [1.807, 2.05) is 0 Å². The maximum Gasteiger partial charge on any atom is 1.00 e. The predicted octanol–water partition coefficient (Wildman–Crippen LogP) is -4.78. The zero-order valence-corrected chi connectivity index (χ0v) is 10.2. The van der Waals surface area contributed by atoms with Crippen LogP contribution < -0.4 is 56.5 Å². The second-order valence-electron chi connectivity index (χ2n) is 1.24. The summed E-state index contributed by atoms with van der Waals surface area (Å²) in [6, 6.07) is 0. The summed E-state index contributed by atoms with van der Waals surface area (Å²) in [6.45, 7) is 1.54. The van der Waals surface area contributed by atoms with E-state index in [4.69, 9.17) is 19.2 Å². The third-order valence-corrected chi connectivity index (χ3v) is 0.289. The van der Waals surface area contributed by atoms with Crippen molar-refractivity contribution in [2.75, 3.05) is 0 Å². The average molecular weight is 210 g/mol. The first-order valence-electron chi connectivity index (χ1n) is 2.25. The summed E-state index contributed by atoms with van der Waals surface area (Å²) in [7, 11) is -4.64. The SMILES string of the molecule is CCC(=O)[O-].O=P(O)(O)O.[K+]. The maximum absolute atomic E-state index is 9.26. The topological polar surface area (TPSA) is 118 Å². The molecule has 3 N–H and O–H groups in total. The van der Waals surface area contributed by atoms with E-state index in [2.05, 4.69) is 0 Å². The molecular weight excluding hydrogens is 202 g/mol. The van der Waals surface area contributed by atoms with Crippen molar-refractivity contribution in [2.45, 2.75) is 13.3 Å². The molecule has 0 heterocycles. The van der Waals surface area contributed by atoms with Crippen molar-refractivity contribution in [1.82, 2.24) is 0 Å². The fourth-order valence-electron chi connectivity index (χ4n) is 0. The van der Waals surface area contributed by atoms with Gasteiger partial charge in [-0.3, -0.25) is 0 Å². The van der Waals surface area contributed by atoms with Crippen molar-refractivity contribution in [2.24, 2.45) is 0 Å². The van der Waals surface area contributed by atoms with Crippen LogP contribution in [0.4, 0.5) is 0 Å². The Morgan fingerprint density at radius 2 is 1.55 bits per heavy atom. The zero-order valence-electron chi connectivity index (χ0n) is 6.22. The van der Waals surface area contributed by atoms with Crippen LogP contribution in [0.3, 0.4) is 0 Å². The number of carbonyl (C=O) groups is 1. The maximum atomic E-state index is 9.26. The zero-order chi connectivity index (χ0) is 8.78. The van der Waals surface area contributed by atoms with Crippen LogP contribution in [0.15, 0.2) is 0 Å². The molecule has 62 valence electrons. The van der Waals surface area contributed by atoms with Crippen LogP contribution in [-0.2, 0) is 9.36 Å². The number of carboxylic acid groups (broad SMARTS) is 1. The van der Waals surface area contributed by atoms with Crippen LogP contribution in [0, 0.1) is 0 Å². The molecule has 0 rings (SSSR count). The first kappa shape index (κ1) is 18.1. The predicted molar refractivity (Wildman–Crippen MR) is 29.6 cm³/mol. The minimum atomic E-state index is -4.64. The van der Waals surface area contributed by atoms with Gasteiger partial charge in [-0.1, -0.05) is 6.92 Å². The van der Waals surface area contributed by atoms with E-state index in [0.29, 0.717) is 0 Å². The third kappa shape index (κ3) is 92.1. The largest absolute Gasteiger partial charge is 1.00 e. The Bertz CT molecular complexity index is 132. The third-order valence-electron chi connectivity index (χ3n) is 0.289. The molecule has 0 unspecified atom stereocenters. The van der Waals surface area contributed by atoms with E-state index in [1.54, 1.807) is 0 Å². The van der Waals surface area contributed by atoms with Crippen LogP contribution in [0.2, 0.25) is 0 Å². The van der Waals surface area contributed by atoms with Crippen molar-refractivity contribution >= 4 is 13.8 Å². The van der Waals surface area contributed by atoms with Gasteiger partial charge in [-0.2, -0.15) is 0 Å². The number of rotatable bonds is 1. The van der Waals surface area contributed by atoms with Crippen molar-refractivity contribution < 1.29 is 80.5 Å². The van der Waals surface area contributed by atoms with Crippen LogP contribution in [-0.4, -0.2) is 20.6 Å². The van der Waals surface area contributed by atoms with Gasteiger partial charge in [0, 0.05) is 5.97 Å². The molecule has 0 aromatic carbocycles. The molecule has 0 atom stereocenters. The Balaban J connectivity index is -0.000000107. The number of carbonyl (C=O) groups excluding carboxylic acids is 1. The van der Waals surface area contributed by atoms with Crippen LogP contribution in [0.5, 0.6) is 0 Å². The van der Waals surface area contributed by atoms with Crippen LogP contribution >= 0.6 is 7.82 Å². The Morgan fingerprint density at radius 1 is 1.45 bits per heavy atom. The van der Waals surface area contributed by atoms with Crippen molar-refractivity contribution in [3.05, 3.63) is 0 Å². The van der Waals surface area contributed by atoms with Gasteiger partial charge >= 0.3 is 59.2 Å². The van der Waals surface area contributed by atoms with E-state index in [1.165, 1.54) is 6.92 Å². The van der Waals surface area contributed by atoms with E-state index >= 15 is 0 Å². The van der Waals surface area contributed by atoms with Crippen LogP contribution in [0.25, 0.3) is 0 Å². The first-order valence-corrected chi connectivity index (χ1v) is 3.82. The molecule has 11 heavy (non-hydrogen) atoms. The quantitative estimate of drug-likeness (QED) is 0.295. The monoisotopic (exact) mass is 210 g/mol. The second-order valence-corrected chi connectivity index (χ2v) is 2.27. The van der Waals surface area contributed by atoms with Gasteiger partial charge in [0.05, 0.1) is 0 Å². The van der Waals surface area contributed by atoms with Gasteiger partial charge in [0.2, 0.25) is 0 Å². The molecule has 0 aliphatic rings. The Kier molecular flexibility index (Phi) is 15.3. The van der Waals surface area contributed by atoms with Gasteiger partial charge in [0.25, 0.3) is 0 Å². The molecule has 0 aromatic heterocycles. The molecule has 0 amide bonds. The van der Waals surface area contributed by atoms with Crippen LogP contribution in [0.1, 0.15) is 13.3 Å². The number of hydrogen-bond acceptors (Lipinski definition) is 3. The van der Waals surface area contributed by atoms with Gasteiger partial charge in [0.1, 0.15) is 0 Å². The summed E-state index contributed by atoms with van der Waals surface area (Å²) in [4.78, 5) is 30.8. The van der Waals surface area contributed by atoms with Crippen molar-refractivity contribution in [1.29, 1.82) is 0 Å². The minimum absolute atomic E-state index is 0. The molecule has 0 aliphatic carbocycles. The first-order chi connectivity index (χ1) is 4.27. The Hall–Kier alpha value is 1.22. The smallest absolute Gasteiger partial charge is 0.550 e. The van der Waals surface area contributed by atoms with E-state index in [0.717, 1.165) is 0 Å². The molecule has 0 aromatic rings. The average Bonchev–Trinajstić information content (AvgIpc) is 1.61. The molecule has 8 heteroatoms. The molecule has 0 saturated carbocycles. The molecule has 0 bridgehead atoms. The number of carboxylic acids is 1. The Morgan fingerprint density at radius 3 is 1.55 bits per heavy atom. The molecule has 0 aliphatic heterocycles. The molecule has 0 fully saturated rings. The van der Waals surface area contributed by atoms with Gasteiger partial charge in [-0.15, -0.1) is 0 Å². The summed E-state index contributed by atoms with van der Waals surface area (Å²) in [5.41, 5.74) is 0. The van der Waals surface area contributed by atoms with Gasteiger partial charge in [0.15, 0.2) is 0 Å². The fourth-order valence-corrected chi connectivity index (χ4v) is 0. The van der Waals surface area contributed by atoms with Gasteiger partial charge < -0.3 is 24.6 Å². The molecule has 0 radical (unpaired) electrons. The van der Waals surface area contributed by atoms with E-state index in [-0.39, 0.29) is 57.8 Å². The standard InChI is InChI=1S/C3H6O2.K.H3O4P/c1-2-3(4)5;;1-5(2,3)4/h2H2,1H3,(H,4,5);;(H3,1,2,3,4)/q;+1;/p-1.